The van der Waals surface area contributed by atoms with Gasteiger partial charge in [0, 0.05) is 12.8 Å². The van der Waals surface area contributed by atoms with E-state index in [0.29, 0.717) is 17.6 Å². The number of hydrogen-bond acceptors (Lipinski definition) is 3. The lowest BCUT2D eigenvalue weighted by Gasteiger charge is -2.01. The molecule has 0 spiro atoms. The molecule has 0 radical (unpaired) electrons. The molecule has 1 aromatic carbocycles. The summed E-state index contributed by atoms with van der Waals surface area (Å²) in [7, 11) is 0. The van der Waals surface area contributed by atoms with Crippen LogP contribution in [0.15, 0.2) is 51.9 Å². The minimum Gasteiger partial charge on any atom is -0.469 e. The van der Waals surface area contributed by atoms with E-state index >= 15 is 0 Å². The van der Waals surface area contributed by atoms with E-state index < -0.39 is 0 Å². The van der Waals surface area contributed by atoms with E-state index in [9.17, 15) is 4.79 Å². The number of aromatic nitrogens is 2. The van der Waals surface area contributed by atoms with E-state index in [4.69, 9.17) is 4.42 Å². The molecule has 0 unspecified atom stereocenters. The molecule has 1 N–H and O–H groups in total. The summed E-state index contributed by atoms with van der Waals surface area (Å²) in [5.74, 6) is 1.58. The molecule has 18 heavy (non-hydrogen) atoms. The van der Waals surface area contributed by atoms with Crippen molar-refractivity contribution in [3.8, 4) is 0 Å². The number of para-hydroxylation sites is 1. The van der Waals surface area contributed by atoms with Gasteiger partial charge >= 0.3 is 0 Å². The molecule has 0 saturated carbocycles. The summed E-state index contributed by atoms with van der Waals surface area (Å²) in [6.07, 6.45) is 3.04. The summed E-state index contributed by atoms with van der Waals surface area (Å²) >= 11 is 0. The Morgan fingerprint density at radius 1 is 1.11 bits per heavy atom. The molecule has 0 fully saturated rings. The van der Waals surface area contributed by atoms with Crippen LogP contribution in [-0.4, -0.2) is 9.97 Å². The van der Waals surface area contributed by atoms with Crippen LogP contribution in [0, 0.1) is 0 Å². The number of fused-ring (bicyclic) bond motifs is 1. The minimum absolute atomic E-state index is 0.0879. The van der Waals surface area contributed by atoms with E-state index in [1.807, 2.05) is 30.3 Å². The first-order valence-corrected chi connectivity index (χ1v) is 5.83. The van der Waals surface area contributed by atoms with E-state index in [1.165, 1.54) is 0 Å². The van der Waals surface area contributed by atoms with Gasteiger partial charge in [-0.1, -0.05) is 12.1 Å². The number of hydrogen-bond donors (Lipinski definition) is 1. The Balaban J connectivity index is 1.91. The second-order valence-electron chi connectivity index (χ2n) is 4.11. The van der Waals surface area contributed by atoms with Crippen LogP contribution in [0.4, 0.5) is 0 Å². The largest absolute Gasteiger partial charge is 0.469 e. The number of nitrogens with one attached hydrogen (secondary N) is 1. The Kier molecular flexibility index (Phi) is 2.68. The summed E-state index contributed by atoms with van der Waals surface area (Å²) in [5, 5.41) is 0.624. The highest BCUT2D eigenvalue weighted by Crippen LogP contribution is 2.08. The molecule has 90 valence electrons. The summed E-state index contributed by atoms with van der Waals surface area (Å²) in [4.78, 5) is 19.1. The van der Waals surface area contributed by atoms with E-state index in [2.05, 4.69) is 9.97 Å². The van der Waals surface area contributed by atoms with Gasteiger partial charge in [-0.15, -0.1) is 0 Å². The van der Waals surface area contributed by atoms with Gasteiger partial charge in [0.05, 0.1) is 17.2 Å². The average molecular weight is 240 g/mol. The molecule has 2 aromatic heterocycles. The summed E-state index contributed by atoms with van der Waals surface area (Å²) < 4.78 is 5.25. The Labute approximate surface area is 103 Å². The molecule has 2 heterocycles. The van der Waals surface area contributed by atoms with E-state index in [-0.39, 0.29) is 5.56 Å². The predicted molar refractivity (Wildman–Crippen MR) is 68.5 cm³/mol. The Morgan fingerprint density at radius 3 is 2.83 bits per heavy atom. The standard InChI is InChI=1S/C14H12N2O2/c17-14-11-5-1-2-6-12(11)15-13(16-14)8-7-10-4-3-9-18-10/h1-6,9H,7-8H2,(H,15,16,17). The zero-order chi connectivity index (χ0) is 12.4. The molecule has 4 heteroatoms. The zero-order valence-corrected chi connectivity index (χ0v) is 9.72. The van der Waals surface area contributed by atoms with Crippen molar-refractivity contribution >= 4 is 10.9 Å². The number of aromatic amines is 1. The lowest BCUT2D eigenvalue weighted by atomic mass is 10.2. The van der Waals surface area contributed by atoms with Gasteiger partial charge in [-0.05, 0) is 24.3 Å². The van der Waals surface area contributed by atoms with E-state index in [0.717, 1.165) is 17.7 Å². The maximum absolute atomic E-state index is 11.8. The van der Waals surface area contributed by atoms with Gasteiger partial charge in [-0.3, -0.25) is 4.79 Å². The quantitative estimate of drug-likeness (QED) is 0.764. The lowest BCUT2D eigenvalue weighted by Crippen LogP contribution is -2.12. The molecule has 4 nitrogen and oxygen atoms in total. The van der Waals surface area contributed by atoms with Crippen LogP contribution in [0.2, 0.25) is 0 Å². The van der Waals surface area contributed by atoms with Crippen molar-refractivity contribution in [2.75, 3.05) is 0 Å². The number of nitrogens with zero attached hydrogens (tertiary/aromatic N) is 1. The third kappa shape index (κ3) is 2.05. The fraction of sp³-hybridized carbons (Fsp3) is 0.143. The van der Waals surface area contributed by atoms with Crippen molar-refractivity contribution in [1.29, 1.82) is 0 Å². The molecular formula is C14H12N2O2. The Hall–Kier alpha value is -2.36. The van der Waals surface area contributed by atoms with Gasteiger partial charge in [0.1, 0.15) is 11.6 Å². The molecule has 0 atom stereocenters. The maximum atomic E-state index is 11.8. The van der Waals surface area contributed by atoms with E-state index in [1.54, 1.807) is 12.3 Å². The van der Waals surface area contributed by atoms with Crippen LogP contribution in [0.3, 0.4) is 0 Å². The molecule has 3 rings (SSSR count). The maximum Gasteiger partial charge on any atom is 0.258 e. The number of aryl methyl sites for hydroxylation is 2. The van der Waals surface area contributed by atoms with Crippen LogP contribution < -0.4 is 5.56 Å². The van der Waals surface area contributed by atoms with Crippen LogP contribution in [0.1, 0.15) is 11.6 Å². The Morgan fingerprint density at radius 2 is 2.00 bits per heavy atom. The molecule has 3 aromatic rings. The molecule has 0 bridgehead atoms. The van der Waals surface area contributed by atoms with Crippen LogP contribution in [0.5, 0.6) is 0 Å². The molecule has 0 aliphatic heterocycles. The summed E-state index contributed by atoms with van der Waals surface area (Å²) in [6, 6.07) is 11.1. The third-order valence-electron chi connectivity index (χ3n) is 2.85. The first-order valence-electron chi connectivity index (χ1n) is 5.83. The van der Waals surface area contributed by atoms with Gasteiger partial charge in [0.25, 0.3) is 5.56 Å². The van der Waals surface area contributed by atoms with Crippen molar-refractivity contribution in [3.63, 3.8) is 0 Å². The van der Waals surface area contributed by atoms with Gasteiger partial charge in [0.2, 0.25) is 0 Å². The topological polar surface area (TPSA) is 58.9 Å². The SMILES string of the molecule is O=c1[nH]c(CCc2ccco2)nc2ccccc12. The average Bonchev–Trinajstić information content (AvgIpc) is 2.90. The fourth-order valence-electron chi connectivity index (χ4n) is 1.95. The highest BCUT2D eigenvalue weighted by Gasteiger charge is 2.04. The van der Waals surface area contributed by atoms with Crippen LogP contribution in [-0.2, 0) is 12.8 Å². The van der Waals surface area contributed by atoms with Crippen molar-refractivity contribution < 1.29 is 4.42 Å². The summed E-state index contributed by atoms with van der Waals surface area (Å²) in [6.45, 7) is 0. The zero-order valence-electron chi connectivity index (χ0n) is 9.72. The molecule has 0 aliphatic carbocycles. The van der Waals surface area contributed by atoms with Gasteiger partial charge < -0.3 is 9.40 Å². The predicted octanol–water partition coefficient (Wildman–Crippen LogP) is 2.30. The second-order valence-corrected chi connectivity index (χ2v) is 4.11. The minimum atomic E-state index is -0.0879. The summed E-state index contributed by atoms with van der Waals surface area (Å²) in [5.41, 5.74) is 0.644. The van der Waals surface area contributed by atoms with Crippen molar-refractivity contribution in [3.05, 3.63) is 64.6 Å². The third-order valence-corrected chi connectivity index (χ3v) is 2.85. The molecular weight excluding hydrogens is 228 g/mol. The number of H-pyrrole nitrogens is 1. The molecule has 0 saturated heterocycles. The smallest absolute Gasteiger partial charge is 0.258 e. The van der Waals surface area contributed by atoms with Crippen molar-refractivity contribution in [1.82, 2.24) is 9.97 Å². The van der Waals surface area contributed by atoms with Crippen molar-refractivity contribution in [2.24, 2.45) is 0 Å². The molecule has 0 aliphatic rings. The fourth-order valence-corrected chi connectivity index (χ4v) is 1.95. The highest BCUT2D eigenvalue weighted by molar-refractivity contribution is 5.77. The number of furan rings is 1. The monoisotopic (exact) mass is 240 g/mol. The van der Waals surface area contributed by atoms with Crippen molar-refractivity contribution in [2.45, 2.75) is 12.8 Å². The highest BCUT2D eigenvalue weighted by atomic mass is 16.3. The second kappa shape index (κ2) is 4.49. The normalized spacial score (nSPS) is 10.9. The van der Waals surface area contributed by atoms with Gasteiger partial charge in [0.15, 0.2) is 0 Å². The lowest BCUT2D eigenvalue weighted by molar-refractivity contribution is 0.506. The number of benzene rings is 1. The van der Waals surface area contributed by atoms with Crippen LogP contribution in [0.25, 0.3) is 10.9 Å². The first-order chi connectivity index (χ1) is 8.83. The van der Waals surface area contributed by atoms with Gasteiger partial charge in [-0.2, -0.15) is 0 Å². The van der Waals surface area contributed by atoms with Gasteiger partial charge in [-0.25, -0.2) is 4.98 Å². The Bertz CT molecular complexity index is 714. The number of rotatable bonds is 3. The first kappa shape index (κ1) is 10.8. The molecule has 0 amide bonds. The van der Waals surface area contributed by atoms with Crippen LogP contribution >= 0.6 is 0 Å².